The lowest BCUT2D eigenvalue weighted by Gasteiger charge is -2.20. The molecule has 3 nitrogen and oxygen atoms in total. The van der Waals surface area contributed by atoms with E-state index in [0.29, 0.717) is 0 Å². The van der Waals surface area contributed by atoms with Gasteiger partial charge in [-0.15, -0.1) is 0 Å². The van der Waals surface area contributed by atoms with E-state index in [1.807, 2.05) is 24.3 Å². The van der Waals surface area contributed by atoms with Gasteiger partial charge in [-0.3, -0.25) is 0 Å². The Morgan fingerprint density at radius 2 is 1.94 bits per heavy atom. The first-order chi connectivity index (χ1) is 8.61. The Bertz CT molecular complexity index is 324. The number of anilines is 1. The standard InChI is InChI=1S/C15H26N2O/c1-4-13(2)12-17(3)10-5-11-18-15-8-6-14(16)7-9-15/h6-9,13H,4-5,10-12,16H2,1-3H3. The summed E-state index contributed by atoms with van der Waals surface area (Å²) in [4.78, 5) is 2.38. The van der Waals surface area contributed by atoms with E-state index in [9.17, 15) is 0 Å². The monoisotopic (exact) mass is 250 g/mol. The normalized spacial score (nSPS) is 12.7. The van der Waals surface area contributed by atoms with E-state index in [0.717, 1.165) is 36.9 Å². The summed E-state index contributed by atoms with van der Waals surface area (Å²) in [5.41, 5.74) is 6.39. The smallest absolute Gasteiger partial charge is 0.119 e. The van der Waals surface area contributed by atoms with Gasteiger partial charge in [0, 0.05) is 18.8 Å². The van der Waals surface area contributed by atoms with Crippen LogP contribution in [0.3, 0.4) is 0 Å². The molecule has 0 aliphatic rings. The van der Waals surface area contributed by atoms with Crippen molar-refractivity contribution in [3.8, 4) is 5.75 Å². The fourth-order valence-corrected chi connectivity index (χ4v) is 1.84. The van der Waals surface area contributed by atoms with Crippen molar-refractivity contribution in [3.63, 3.8) is 0 Å². The molecule has 1 aromatic carbocycles. The van der Waals surface area contributed by atoms with Gasteiger partial charge >= 0.3 is 0 Å². The van der Waals surface area contributed by atoms with Crippen molar-refractivity contribution >= 4 is 5.69 Å². The van der Waals surface area contributed by atoms with Crippen LogP contribution in [0.1, 0.15) is 26.7 Å². The van der Waals surface area contributed by atoms with Gasteiger partial charge in [0.05, 0.1) is 6.61 Å². The molecule has 0 heterocycles. The highest BCUT2D eigenvalue weighted by Gasteiger charge is 2.03. The molecule has 0 spiro atoms. The first kappa shape index (κ1) is 14.8. The highest BCUT2D eigenvalue weighted by atomic mass is 16.5. The third-order valence-corrected chi connectivity index (χ3v) is 3.15. The van der Waals surface area contributed by atoms with Crippen molar-refractivity contribution in [2.24, 2.45) is 5.92 Å². The van der Waals surface area contributed by atoms with Crippen LogP contribution in [0.25, 0.3) is 0 Å². The summed E-state index contributed by atoms with van der Waals surface area (Å²) in [5, 5.41) is 0. The quantitative estimate of drug-likeness (QED) is 0.569. The summed E-state index contributed by atoms with van der Waals surface area (Å²) in [7, 11) is 2.18. The van der Waals surface area contributed by atoms with Crippen molar-refractivity contribution in [3.05, 3.63) is 24.3 Å². The molecule has 0 aliphatic carbocycles. The predicted molar refractivity (Wildman–Crippen MR) is 77.9 cm³/mol. The summed E-state index contributed by atoms with van der Waals surface area (Å²) >= 11 is 0. The van der Waals surface area contributed by atoms with Crippen LogP contribution in [-0.2, 0) is 0 Å². The summed E-state index contributed by atoms with van der Waals surface area (Å²) in [6.07, 6.45) is 2.30. The van der Waals surface area contributed by atoms with Gasteiger partial charge in [0.15, 0.2) is 0 Å². The second kappa shape index (κ2) is 7.98. The summed E-state index contributed by atoms with van der Waals surface area (Å²) in [6.45, 7) is 7.54. The number of rotatable bonds is 8. The Balaban J connectivity index is 2.13. The first-order valence-electron chi connectivity index (χ1n) is 6.78. The van der Waals surface area contributed by atoms with Crippen molar-refractivity contribution < 1.29 is 4.74 Å². The fourth-order valence-electron chi connectivity index (χ4n) is 1.84. The van der Waals surface area contributed by atoms with E-state index in [-0.39, 0.29) is 0 Å². The molecule has 1 rings (SSSR count). The zero-order valence-corrected chi connectivity index (χ0v) is 11.9. The number of nitrogens with zero attached hydrogens (tertiary/aromatic N) is 1. The molecule has 1 atom stereocenters. The molecule has 0 aromatic heterocycles. The second-order valence-corrected chi connectivity index (χ2v) is 5.05. The largest absolute Gasteiger partial charge is 0.494 e. The van der Waals surface area contributed by atoms with Gasteiger partial charge in [-0.2, -0.15) is 0 Å². The number of nitrogens with two attached hydrogens (primary N) is 1. The van der Waals surface area contributed by atoms with Crippen molar-refractivity contribution in [1.82, 2.24) is 4.90 Å². The highest BCUT2D eigenvalue weighted by Crippen LogP contribution is 2.13. The lowest BCUT2D eigenvalue weighted by atomic mass is 10.1. The zero-order chi connectivity index (χ0) is 13.4. The maximum Gasteiger partial charge on any atom is 0.119 e. The minimum absolute atomic E-state index is 0.759. The fraction of sp³-hybridized carbons (Fsp3) is 0.600. The number of hydrogen-bond acceptors (Lipinski definition) is 3. The number of ether oxygens (including phenoxy) is 1. The summed E-state index contributed by atoms with van der Waals surface area (Å²) in [5.74, 6) is 1.67. The minimum Gasteiger partial charge on any atom is -0.494 e. The Hall–Kier alpha value is -1.22. The Labute approximate surface area is 111 Å². The Kier molecular flexibility index (Phi) is 6.58. The van der Waals surface area contributed by atoms with Gasteiger partial charge in [-0.25, -0.2) is 0 Å². The van der Waals surface area contributed by atoms with E-state index < -0.39 is 0 Å². The topological polar surface area (TPSA) is 38.5 Å². The lowest BCUT2D eigenvalue weighted by Crippen LogP contribution is -2.26. The number of nitrogen functional groups attached to an aromatic ring is 1. The summed E-state index contributed by atoms with van der Waals surface area (Å²) < 4.78 is 5.66. The average Bonchev–Trinajstić information content (AvgIpc) is 2.36. The minimum atomic E-state index is 0.759. The SMILES string of the molecule is CCC(C)CN(C)CCCOc1ccc(N)cc1. The molecule has 0 bridgehead atoms. The van der Waals surface area contributed by atoms with Gasteiger partial charge in [0.2, 0.25) is 0 Å². The molecule has 18 heavy (non-hydrogen) atoms. The molecular formula is C15H26N2O. The van der Waals surface area contributed by atoms with Crippen LogP contribution in [0.5, 0.6) is 5.75 Å². The van der Waals surface area contributed by atoms with E-state index in [1.54, 1.807) is 0 Å². The van der Waals surface area contributed by atoms with Crippen LogP contribution in [0, 0.1) is 5.92 Å². The van der Waals surface area contributed by atoms with Gasteiger partial charge in [0.1, 0.15) is 5.75 Å². The second-order valence-electron chi connectivity index (χ2n) is 5.05. The van der Waals surface area contributed by atoms with Crippen molar-refractivity contribution in [1.29, 1.82) is 0 Å². The molecule has 2 N–H and O–H groups in total. The molecule has 0 radical (unpaired) electrons. The Morgan fingerprint density at radius 1 is 1.28 bits per heavy atom. The van der Waals surface area contributed by atoms with E-state index in [2.05, 4.69) is 25.8 Å². The number of benzene rings is 1. The predicted octanol–water partition coefficient (Wildman–Crippen LogP) is 3.02. The van der Waals surface area contributed by atoms with Crippen molar-refractivity contribution in [2.75, 3.05) is 32.5 Å². The molecule has 0 fully saturated rings. The van der Waals surface area contributed by atoms with Crippen LogP contribution < -0.4 is 10.5 Å². The molecule has 0 saturated carbocycles. The first-order valence-corrected chi connectivity index (χ1v) is 6.78. The van der Waals surface area contributed by atoms with Crippen LogP contribution in [0.15, 0.2) is 24.3 Å². The molecule has 1 aromatic rings. The Morgan fingerprint density at radius 3 is 2.56 bits per heavy atom. The van der Waals surface area contributed by atoms with Gasteiger partial charge in [-0.1, -0.05) is 20.3 Å². The zero-order valence-electron chi connectivity index (χ0n) is 11.9. The molecule has 3 heteroatoms. The van der Waals surface area contributed by atoms with Gasteiger partial charge < -0.3 is 15.4 Å². The molecular weight excluding hydrogens is 224 g/mol. The average molecular weight is 250 g/mol. The maximum absolute atomic E-state index is 5.66. The number of hydrogen-bond donors (Lipinski definition) is 1. The van der Waals surface area contributed by atoms with Gasteiger partial charge in [-0.05, 0) is 43.7 Å². The van der Waals surface area contributed by atoms with Crippen LogP contribution in [0.2, 0.25) is 0 Å². The molecule has 0 aliphatic heterocycles. The van der Waals surface area contributed by atoms with E-state index >= 15 is 0 Å². The lowest BCUT2D eigenvalue weighted by molar-refractivity contribution is 0.241. The molecule has 0 saturated heterocycles. The van der Waals surface area contributed by atoms with Crippen LogP contribution in [-0.4, -0.2) is 31.6 Å². The molecule has 1 unspecified atom stereocenters. The molecule has 0 amide bonds. The third-order valence-electron chi connectivity index (χ3n) is 3.15. The summed E-state index contributed by atoms with van der Waals surface area (Å²) in [6, 6.07) is 7.56. The molecule has 102 valence electrons. The van der Waals surface area contributed by atoms with E-state index in [1.165, 1.54) is 13.0 Å². The van der Waals surface area contributed by atoms with Crippen LogP contribution >= 0.6 is 0 Å². The van der Waals surface area contributed by atoms with E-state index in [4.69, 9.17) is 10.5 Å². The highest BCUT2D eigenvalue weighted by molar-refractivity contribution is 5.41. The van der Waals surface area contributed by atoms with Crippen molar-refractivity contribution in [2.45, 2.75) is 26.7 Å². The maximum atomic E-state index is 5.66. The van der Waals surface area contributed by atoms with Crippen LogP contribution in [0.4, 0.5) is 5.69 Å². The van der Waals surface area contributed by atoms with Gasteiger partial charge in [0.25, 0.3) is 0 Å². The third kappa shape index (κ3) is 5.92.